The van der Waals surface area contributed by atoms with Crippen LogP contribution >= 0.6 is 0 Å². The predicted molar refractivity (Wildman–Crippen MR) is 71.3 cm³/mol. The molecule has 1 atom stereocenters. The number of nitrogens with zero attached hydrogens (tertiary/aromatic N) is 3. The Morgan fingerprint density at radius 2 is 2.11 bits per heavy atom. The zero-order chi connectivity index (χ0) is 13.9. The topological polar surface area (TPSA) is 73.9 Å². The van der Waals surface area contributed by atoms with Crippen molar-refractivity contribution in [2.24, 2.45) is 7.05 Å². The molecule has 0 saturated carbocycles. The molecular weight excluding hydrogens is 240 g/mol. The van der Waals surface area contributed by atoms with E-state index in [1.54, 1.807) is 48.4 Å². The van der Waals surface area contributed by atoms with Crippen LogP contribution in [0.3, 0.4) is 0 Å². The van der Waals surface area contributed by atoms with E-state index < -0.39 is 5.60 Å². The Balaban J connectivity index is 2.50. The molecule has 2 aromatic rings. The smallest absolute Gasteiger partial charge is 0.143 e. The van der Waals surface area contributed by atoms with Crippen LogP contribution in [0.1, 0.15) is 16.8 Å². The van der Waals surface area contributed by atoms with Gasteiger partial charge in [0.2, 0.25) is 0 Å². The molecule has 0 aliphatic heterocycles. The first kappa shape index (κ1) is 13.3. The number of rotatable bonds is 4. The molecular formula is C14H16N4O. The van der Waals surface area contributed by atoms with Crippen LogP contribution in [0.2, 0.25) is 0 Å². The lowest BCUT2D eigenvalue weighted by Crippen LogP contribution is -2.39. The van der Waals surface area contributed by atoms with Gasteiger partial charge in [-0.05, 0) is 24.7 Å². The summed E-state index contributed by atoms with van der Waals surface area (Å²) in [6, 6.07) is 9.00. The lowest BCUT2D eigenvalue weighted by molar-refractivity contribution is 0.0746. The van der Waals surface area contributed by atoms with Crippen molar-refractivity contribution in [3.8, 4) is 6.07 Å². The monoisotopic (exact) mass is 256 g/mol. The number of nitrogens with one attached hydrogen (secondary N) is 1. The lowest BCUT2D eigenvalue weighted by Gasteiger charge is -2.28. The molecule has 5 nitrogen and oxygen atoms in total. The molecule has 0 saturated heterocycles. The minimum absolute atomic E-state index is 0.360. The summed E-state index contributed by atoms with van der Waals surface area (Å²) >= 11 is 0. The van der Waals surface area contributed by atoms with Gasteiger partial charge in [-0.25, -0.2) is 4.98 Å². The average molecular weight is 256 g/mol. The second-order valence-corrected chi connectivity index (χ2v) is 4.47. The van der Waals surface area contributed by atoms with Crippen molar-refractivity contribution < 1.29 is 5.11 Å². The summed E-state index contributed by atoms with van der Waals surface area (Å²) in [6.45, 7) is 0.360. The van der Waals surface area contributed by atoms with Crippen molar-refractivity contribution in [3.63, 3.8) is 0 Å². The van der Waals surface area contributed by atoms with Crippen molar-refractivity contribution in [1.82, 2.24) is 14.9 Å². The van der Waals surface area contributed by atoms with E-state index in [9.17, 15) is 5.11 Å². The van der Waals surface area contributed by atoms with Crippen LogP contribution in [-0.2, 0) is 12.6 Å². The second kappa shape index (κ2) is 5.22. The molecule has 2 rings (SSSR count). The zero-order valence-corrected chi connectivity index (χ0v) is 11.0. The fourth-order valence-electron chi connectivity index (χ4n) is 2.17. The Kier molecular flexibility index (Phi) is 3.65. The van der Waals surface area contributed by atoms with Crippen molar-refractivity contribution in [2.45, 2.75) is 5.60 Å². The van der Waals surface area contributed by atoms with E-state index in [1.807, 2.05) is 7.05 Å². The number of aryl methyl sites for hydroxylation is 1. The quantitative estimate of drug-likeness (QED) is 0.846. The Labute approximate surface area is 112 Å². The Morgan fingerprint density at radius 3 is 2.58 bits per heavy atom. The molecule has 98 valence electrons. The fraction of sp³-hybridized carbons (Fsp3) is 0.286. The second-order valence-electron chi connectivity index (χ2n) is 4.47. The van der Waals surface area contributed by atoms with Gasteiger partial charge in [-0.1, -0.05) is 12.1 Å². The predicted octanol–water partition coefficient (Wildman–Crippen LogP) is 0.747. The van der Waals surface area contributed by atoms with Crippen molar-refractivity contribution in [1.29, 1.82) is 5.26 Å². The summed E-state index contributed by atoms with van der Waals surface area (Å²) in [5.74, 6) is 0. The average Bonchev–Trinajstić information content (AvgIpc) is 2.86. The van der Waals surface area contributed by atoms with Gasteiger partial charge in [-0.2, -0.15) is 5.26 Å². The third-order valence-corrected chi connectivity index (χ3v) is 3.16. The van der Waals surface area contributed by atoms with Gasteiger partial charge in [0.25, 0.3) is 0 Å². The van der Waals surface area contributed by atoms with Crippen LogP contribution in [0, 0.1) is 11.3 Å². The maximum Gasteiger partial charge on any atom is 0.143 e. The maximum atomic E-state index is 11.0. The fourth-order valence-corrected chi connectivity index (χ4v) is 2.17. The van der Waals surface area contributed by atoms with Crippen LogP contribution in [0.25, 0.3) is 0 Å². The van der Waals surface area contributed by atoms with Gasteiger partial charge in [0.05, 0.1) is 29.9 Å². The number of likely N-dealkylation sites (N-methyl/N-ethyl adjacent to an activating group) is 1. The van der Waals surface area contributed by atoms with Crippen molar-refractivity contribution in [3.05, 3.63) is 53.6 Å². The number of hydrogen-bond acceptors (Lipinski definition) is 4. The zero-order valence-electron chi connectivity index (χ0n) is 11.0. The number of nitriles is 1. The van der Waals surface area contributed by atoms with E-state index in [1.165, 1.54) is 0 Å². The van der Waals surface area contributed by atoms with Crippen LogP contribution in [0.5, 0.6) is 0 Å². The maximum absolute atomic E-state index is 11.0. The number of aliphatic hydroxyl groups is 1. The van der Waals surface area contributed by atoms with E-state index >= 15 is 0 Å². The molecule has 2 N–H and O–H groups in total. The van der Waals surface area contributed by atoms with E-state index in [0.29, 0.717) is 17.8 Å². The summed E-state index contributed by atoms with van der Waals surface area (Å²) in [7, 11) is 3.62. The highest BCUT2D eigenvalue weighted by Crippen LogP contribution is 2.28. The first-order valence-corrected chi connectivity index (χ1v) is 5.96. The number of hydrogen-bond donors (Lipinski definition) is 2. The SMILES string of the molecule is CNCC(O)(c1ccc(C#N)cc1)c1cncn1C. The molecule has 0 radical (unpaired) electrons. The minimum Gasteiger partial charge on any atom is -0.377 e. The van der Waals surface area contributed by atoms with E-state index in [-0.39, 0.29) is 0 Å². The molecule has 0 spiro atoms. The Hall–Kier alpha value is -2.16. The highest BCUT2D eigenvalue weighted by atomic mass is 16.3. The normalized spacial score (nSPS) is 13.8. The number of benzene rings is 1. The highest BCUT2D eigenvalue weighted by molar-refractivity contribution is 5.38. The molecule has 1 aromatic heterocycles. The van der Waals surface area contributed by atoms with Gasteiger partial charge in [-0.3, -0.25) is 0 Å². The van der Waals surface area contributed by atoms with E-state index in [0.717, 1.165) is 5.56 Å². The number of imidazole rings is 1. The first-order valence-electron chi connectivity index (χ1n) is 5.96. The standard InChI is InChI=1S/C14H16N4O/c1-16-9-14(19,13-8-17-10-18(13)2)12-5-3-11(7-15)4-6-12/h3-6,8,10,16,19H,9H2,1-2H3. The summed E-state index contributed by atoms with van der Waals surface area (Å²) in [5, 5.41) is 22.8. The molecule has 19 heavy (non-hydrogen) atoms. The Bertz CT molecular complexity index is 597. The molecule has 1 aromatic carbocycles. The van der Waals surface area contributed by atoms with E-state index in [2.05, 4.69) is 16.4 Å². The lowest BCUT2D eigenvalue weighted by atomic mass is 9.90. The van der Waals surface area contributed by atoms with Gasteiger partial charge >= 0.3 is 0 Å². The molecule has 1 heterocycles. The van der Waals surface area contributed by atoms with E-state index in [4.69, 9.17) is 5.26 Å². The summed E-state index contributed by atoms with van der Waals surface area (Å²) in [4.78, 5) is 4.05. The molecule has 0 amide bonds. The molecule has 5 heteroatoms. The minimum atomic E-state index is -1.17. The van der Waals surface area contributed by atoms with Gasteiger partial charge < -0.3 is 15.0 Å². The number of aromatic nitrogens is 2. The third-order valence-electron chi connectivity index (χ3n) is 3.16. The highest BCUT2D eigenvalue weighted by Gasteiger charge is 2.33. The van der Waals surface area contributed by atoms with Crippen LogP contribution in [0.15, 0.2) is 36.8 Å². The van der Waals surface area contributed by atoms with Gasteiger partial charge in [-0.15, -0.1) is 0 Å². The molecule has 1 unspecified atom stereocenters. The van der Waals surface area contributed by atoms with Crippen molar-refractivity contribution >= 4 is 0 Å². The summed E-state index contributed by atoms with van der Waals surface area (Å²) < 4.78 is 1.79. The van der Waals surface area contributed by atoms with Gasteiger partial charge in [0.15, 0.2) is 0 Å². The van der Waals surface area contributed by atoms with Crippen LogP contribution < -0.4 is 5.32 Å². The third kappa shape index (κ3) is 2.36. The summed E-state index contributed by atoms with van der Waals surface area (Å²) in [6.07, 6.45) is 3.30. The van der Waals surface area contributed by atoms with Gasteiger partial charge in [0.1, 0.15) is 5.60 Å². The van der Waals surface area contributed by atoms with Crippen LogP contribution in [0.4, 0.5) is 0 Å². The first-order chi connectivity index (χ1) is 9.11. The molecule has 0 aliphatic carbocycles. The van der Waals surface area contributed by atoms with Crippen molar-refractivity contribution in [2.75, 3.05) is 13.6 Å². The van der Waals surface area contributed by atoms with Crippen LogP contribution in [-0.4, -0.2) is 28.3 Å². The Morgan fingerprint density at radius 1 is 1.42 bits per heavy atom. The molecule has 0 bridgehead atoms. The molecule has 0 aliphatic rings. The largest absolute Gasteiger partial charge is 0.377 e. The van der Waals surface area contributed by atoms with Gasteiger partial charge in [0, 0.05) is 13.6 Å². The molecule has 0 fully saturated rings. The summed E-state index contributed by atoms with van der Waals surface area (Å²) in [5.41, 5.74) is 0.824.